The number of ether oxygens (including phenoxy) is 1. The Morgan fingerprint density at radius 3 is 2.65 bits per heavy atom. The van der Waals surface area contributed by atoms with Crippen LogP contribution in [0.1, 0.15) is 13.3 Å². The van der Waals surface area contributed by atoms with E-state index in [0.717, 1.165) is 18.6 Å². The van der Waals surface area contributed by atoms with E-state index < -0.39 is 34.6 Å². The number of hydrogen-bond donors (Lipinski definition) is 2. The lowest BCUT2D eigenvalue weighted by Crippen LogP contribution is -2.45. The first kappa shape index (κ1) is 17.6. The molecule has 0 bridgehead atoms. The fraction of sp³-hybridized carbons (Fsp3) is 0.500. The third-order valence-corrected chi connectivity index (χ3v) is 5.09. The molecule has 0 aromatic heterocycles. The van der Waals surface area contributed by atoms with Crippen LogP contribution in [0.4, 0.5) is 4.39 Å². The minimum absolute atomic E-state index is 0.146. The predicted octanol–water partition coefficient (Wildman–Crippen LogP) is 0.834. The fourth-order valence-electron chi connectivity index (χ4n) is 2.24. The van der Waals surface area contributed by atoms with Gasteiger partial charge < -0.3 is 9.84 Å². The summed E-state index contributed by atoms with van der Waals surface area (Å²) in [5.41, 5.74) is 0. The van der Waals surface area contributed by atoms with Crippen molar-refractivity contribution < 1.29 is 27.4 Å². The van der Waals surface area contributed by atoms with Crippen LogP contribution in [0.15, 0.2) is 24.3 Å². The molecular weight excluding hydrogens is 327 g/mol. The number of carboxylic acids is 1. The predicted molar refractivity (Wildman–Crippen MR) is 80.7 cm³/mol. The van der Waals surface area contributed by atoms with E-state index in [2.05, 4.69) is 4.72 Å². The summed E-state index contributed by atoms with van der Waals surface area (Å²) in [6.07, 6.45) is -0.634. The summed E-state index contributed by atoms with van der Waals surface area (Å²) in [5, 5.41) is 9.15. The highest BCUT2D eigenvalue weighted by Crippen LogP contribution is 2.18. The molecule has 2 atom stereocenters. The molecule has 7 nitrogen and oxygen atoms in total. The third-order valence-electron chi connectivity index (χ3n) is 3.55. The zero-order chi connectivity index (χ0) is 17.0. The third kappa shape index (κ3) is 4.88. The molecule has 1 heterocycles. The molecule has 128 valence electrons. The molecule has 23 heavy (non-hydrogen) atoms. The Labute approximate surface area is 134 Å². The molecule has 1 saturated heterocycles. The first-order valence-corrected chi connectivity index (χ1v) is 8.61. The van der Waals surface area contributed by atoms with E-state index in [4.69, 9.17) is 9.84 Å². The Balaban J connectivity index is 1.97. The molecule has 2 rings (SSSR count). The maximum Gasteiger partial charge on any atom is 0.346 e. The maximum absolute atomic E-state index is 12.8. The molecule has 2 N–H and O–H groups in total. The highest BCUT2D eigenvalue weighted by molar-refractivity contribution is 7.87. The van der Waals surface area contributed by atoms with Gasteiger partial charge in [-0.3, -0.25) is 0 Å². The summed E-state index contributed by atoms with van der Waals surface area (Å²) in [6, 6.07) is 4.82. The second-order valence-corrected chi connectivity index (χ2v) is 7.26. The maximum atomic E-state index is 12.8. The molecule has 1 aromatic carbocycles. The van der Waals surface area contributed by atoms with Crippen molar-refractivity contribution >= 4 is 16.2 Å². The number of halogens is 1. The van der Waals surface area contributed by atoms with Crippen molar-refractivity contribution in [3.05, 3.63) is 30.1 Å². The fourth-order valence-corrected chi connectivity index (χ4v) is 3.58. The lowest BCUT2D eigenvalue weighted by molar-refractivity contribution is -0.144. The molecule has 2 unspecified atom stereocenters. The Morgan fingerprint density at radius 1 is 1.48 bits per heavy atom. The smallest absolute Gasteiger partial charge is 0.346 e. The van der Waals surface area contributed by atoms with Crippen LogP contribution in [0.25, 0.3) is 0 Å². The summed E-state index contributed by atoms with van der Waals surface area (Å²) >= 11 is 0. The van der Waals surface area contributed by atoms with Crippen molar-refractivity contribution in [2.75, 3.05) is 19.6 Å². The topological polar surface area (TPSA) is 95.9 Å². The van der Waals surface area contributed by atoms with Crippen LogP contribution < -0.4 is 9.46 Å². The second kappa shape index (κ2) is 7.24. The highest BCUT2D eigenvalue weighted by Gasteiger charge is 2.31. The summed E-state index contributed by atoms with van der Waals surface area (Å²) < 4.78 is 45.8. The van der Waals surface area contributed by atoms with Crippen LogP contribution in [0, 0.1) is 11.7 Å². The van der Waals surface area contributed by atoms with Gasteiger partial charge in [-0.05, 0) is 36.6 Å². The summed E-state index contributed by atoms with van der Waals surface area (Å²) in [7, 11) is -3.74. The minimum atomic E-state index is -3.74. The molecule has 0 saturated carbocycles. The molecular formula is C14H19FN2O5S. The van der Waals surface area contributed by atoms with Gasteiger partial charge in [0.1, 0.15) is 11.6 Å². The number of hydrogen-bond acceptors (Lipinski definition) is 4. The van der Waals surface area contributed by atoms with Gasteiger partial charge in [0.15, 0.2) is 0 Å². The molecule has 1 aliphatic heterocycles. The number of carbonyl (C=O) groups is 1. The van der Waals surface area contributed by atoms with Crippen LogP contribution in [-0.4, -0.2) is 49.5 Å². The van der Waals surface area contributed by atoms with Crippen LogP contribution in [0.2, 0.25) is 0 Å². The van der Waals surface area contributed by atoms with Crippen LogP contribution in [-0.2, 0) is 15.0 Å². The van der Waals surface area contributed by atoms with Gasteiger partial charge in [-0.1, -0.05) is 6.92 Å². The molecule has 0 radical (unpaired) electrons. The number of nitrogens with zero attached hydrogens (tertiary/aromatic N) is 1. The normalized spacial score (nSPS) is 20.3. The van der Waals surface area contributed by atoms with Crippen molar-refractivity contribution in [2.24, 2.45) is 5.92 Å². The zero-order valence-corrected chi connectivity index (χ0v) is 13.4. The van der Waals surface area contributed by atoms with Crippen molar-refractivity contribution in [3.8, 4) is 5.75 Å². The van der Waals surface area contributed by atoms with Gasteiger partial charge in [-0.2, -0.15) is 17.4 Å². The largest absolute Gasteiger partial charge is 0.478 e. The Kier molecular flexibility index (Phi) is 5.55. The van der Waals surface area contributed by atoms with Gasteiger partial charge in [0, 0.05) is 13.1 Å². The SMILES string of the molecule is CC1CCN(S(=O)(=O)NCC(Oc2ccc(F)cc2)C(=O)O)C1. The van der Waals surface area contributed by atoms with E-state index >= 15 is 0 Å². The summed E-state index contributed by atoms with van der Waals surface area (Å²) in [5.74, 6) is -1.37. The van der Waals surface area contributed by atoms with Crippen molar-refractivity contribution in [2.45, 2.75) is 19.4 Å². The van der Waals surface area contributed by atoms with Gasteiger partial charge in [0.05, 0.1) is 6.54 Å². The number of nitrogens with one attached hydrogen (secondary N) is 1. The first-order valence-electron chi connectivity index (χ1n) is 7.17. The second-order valence-electron chi connectivity index (χ2n) is 5.50. The van der Waals surface area contributed by atoms with E-state index in [1.54, 1.807) is 0 Å². The van der Waals surface area contributed by atoms with E-state index in [-0.39, 0.29) is 11.7 Å². The number of carboxylic acid groups (broad SMARTS) is 1. The molecule has 1 aromatic rings. The number of benzene rings is 1. The van der Waals surface area contributed by atoms with Gasteiger partial charge in [0.2, 0.25) is 6.10 Å². The van der Waals surface area contributed by atoms with Gasteiger partial charge in [-0.15, -0.1) is 0 Å². The number of rotatable bonds is 7. The van der Waals surface area contributed by atoms with Crippen LogP contribution >= 0.6 is 0 Å². The number of aliphatic carboxylic acids is 1. The van der Waals surface area contributed by atoms with E-state index in [9.17, 15) is 17.6 Å². The molecule has 0 aliphatic carbocycles. The standard InChI is InChI=1S/C14H19FN2O5S/c1-10-6-7-17(9-10)23(20,21)16-8-13(14(18)19)22-12-4-2-11(15)3-5-12/h2-5,10,13,16H,6-9H2,1H3,(H,18,19). The lowest BCUT2D eigenvalue weighted by atomic mass is 10.2. The molecule has 1 aliphatic rings. The van der Waals surface area contributed by atoms with Gasteiger partial charge in [0.25, 0.3) is 10.2 Å². The van der Waals surface area contributed by atoms with Crippen LogP contribution in [0.5, 0.6) is 5.75 Å². The molecule has 1 fully saturated rings. The van der Waals surface area contributed by atoms with Gasteiger partial charge >= 0.3 is 5.97 Å². The van der Waals surface area contributed by atoms with Crippen molar-refractivity contribution in [3.63, 3.8) is 0 Å². The van der Waals surface area contributed by atoms with E-state index in [0.29, 0.717) is 13.1 Å². The Bertz CT molecular complexity index is 650. The Hall–Kier alpha value is -1.71. The lowest BCUT2D eigenvalue weighted by Gasteiger charge is -2.20. The van der Waals surface area contributed by atoms with E-state index in [1.807, 2.05) is 6.92 Å². The molecule has 9 heteroatoms. The first-order chi connectivity index (χ1) is 10.8. The molecule has 0 amide bonds. The summed E-state index contributed by atoms with van der Waals surface area (Å²) in [6.45, 7) is 2.35. The minimum Gasteiger partial charge on any atom is -0.478 e. The quantitative estimate of drug-likeness (QED) is 0.762. The van der Waals surface area contributed by atoms with Gasteiger partial charge in [-0.25, -0.2) is 9.18 Å². The summed E-state index contributed by atoms with van der Waals surface area (Å²) in [4.78, 5) is 11.2. The monoisotopic (exact) mass is 346 g/mol. The van der Waals surface area contributed by atoms with Crippen LogP contribution in [0.3, 0.4) is 0 Å². The Morgan fingerprint density at radius 2 is 2.13 bits per heavy atom. The van der Waals surface area contributed by atoms with Crippen molar-refractivity contribution in [1.82, 2.24) is 9.03 Å². The van der Waals surface area contributed by atoms with E-state index in [1.165, 1.54) is 16.4 Å². The average molecular weight is 346 g/mol. The highest BCUT2D eigenvalue weighted by atomic mass is 32.2. The average Bonchev–Trinajstić information content (AvgIpc) is 2.92. The molecule has 0 spiro atoms. The zero-order valence-electron chi connectivity index (χ0n) is 12.6. The van der Waals surface area contributed by atoms with Crippen molar-refractivity contribution in [1.29, 1.82) is 0 Å².